The third kappa shape index (κ3) is 2.65. The van der Waals surface area contributed by atoms with E-state index in [9.17, 15) is 13.2 Å². The van der Waals surface area contributed by atoms with Crippen molar-refractivity contribution < 1.29 is 13.2 Å². The maximum Gasteiger partial charge on any atom is 0.269 e. The Balaban J connectivity index is 2.37. The Hall–Kier alpha value is -2.15. The lowest BCUT2D eigenvalue weighted by molar-refractivity contribution is -0.114. The van der Waals surface area contributed by atoms with Gasteiger partial charge in [-0.05, 0) is 31.2 Å². The highest BCUT2D eigenvalue weighted by Gasteiger charge is 2.18. The fourth-order valence-electron chi connectivity index (χ4n) is 1.65. The normalized spacial score (nSPS) is 11.3. The largest absolute Gasteiger partial charge is 0.326 e. The van der Waals surface area contributed by atoms with Gasteiger partial charge in [0.2, 0.25) is 5.91 Å². The molecule has 19 heavy (non-hydrogen) atoms. The number of imidazole rings is 1. The lowest BCUT2D eigenvalue weighted by Gasteiger charge is -2.08. The van der Waals surface area contributed by atoms with Crippen LogP contribution in [0.2, 0.25) is 0 Å². The van der Waals surface area contributed by atoms with Gasteiger partial charge in [0.1, 0.15) is 5.82 Å². The number of nitrogens with zero attached hydrogens (tertiary/aromatic N) is 2. The number of nitrogens with one attached hydrogen (secondary N) is 1. The zero-order valence-corrected chi connectivity index (χ0v) is 11.3. The summed E-state index contributed by atoms with van der Waals surface area (Å²) in [6.07, 6.45) is 2.82. The maximum absolute atomic E-state index is 12.3. The molecule has 0 radical (unpaired) electrons. The molecule has 0 atom stereocenters. The number of rotatable bonds is 3. The fourth-order valence-corrected chi connectivity index (χ4v) is 2.96. The first-order chi connectivity index (χ1) is 8.91. The quantitative estimate of drug-likeness (QED) is 0.920. The Morgan fingerprint density at radius 1 is 1.26 bits per heavy atom. The number of hydrogen-bond acceptors (Lipinski definition) is 4. The van der Waals surface area contributed by atoms with Crippen LogP contribution in [0.4, 0.5) is 5.69 Å². The van der Waals surface area contributed by atoms with Gasteiger partial charge in [-0.15, -0.1) is 0 Å². The molecule has 0 aliphatic heterocycles. The van der Waals surface area contributed by atoms with Crippen molar-refractivity contribution in [2.24, 2.45) is 0 Å². The highest BCUT2D eigenvalue weighted by atomic mass is 32.2. The van der Waals surface area contributed by atoms with Crippen molar-refractivity contribution in [3.8, 4) is 0 Å². The lowest BCUT2D eigenvalue weighted by Crippen LogP contribution is -2.14. The summed E-state index contributed by atoms with van der Waals surface area (Å²) in [5.74, 6) is 0.187. The molecular weight excluding hydrogens is 266 g/mol. The Kier molecular flexibility index (Phi) is 3.39. The minimum Gasteiger partial charge on any atom is -0.326 e. The number of carbonyl (C=O) groups is 1. The van der Waals surface area contributed by atoms with Gasteiger partial charge in [0.05, 0.1) is 4.90 Å². The molecule has 0 spiro atoms. The van der Waals surface area contributed by atoms with Crippen LogP contribution in [0.1, 0.15) is 12.7 Å². The van der Waals surface area contributed by atoms with Crippen molar-refractivity contribution in [3.05, 3.63) is 42.5 Å². The van der Waals surface area contributed by atoms with E-state index in [-0.39, 0.29) is 10.8 Å². The van der Waals surface area contributed by atoms with Gasteiger partial charge < -0.3 is 5.32 Å². The summed E-state index contributed by atoms with van der Waals surface area (Å²) in [6.45, 7) is 3.00. The van der Waals surface area contributed by atoms with Gasteiger partial charge in [-0.1, -0.05) is 0 Å². The molecule has 1 amide bonds. The van der Waals surface area contributed by atoms with Gasteiger partial charge in [0.25, 0.3) is 10.0 Å². The van der Waals surface area contributed by atoms with Gasteiger partial charge in [-0.2, -0.15) is 0 Å². The van der Waals surface area contributed by atoms with Crippen LogP contribution in [0.25, 0.3) is 0 Å². The second-order valence-corrected chi connectivity index (χ2v) is 5.80. The van der Waals surface area contributed by atoms with Crippen LogP contribution in [0.3, 0.4) is 0 Å². The molecule has 0 fully saturated rings. The second kappa shape index (κ2) is 4.85. The summed E-state index contributed by atoms with van der Waals surface area (Å²) in [5, 5.41) is 2.58. The third-order valence-electron chi connectivity index (χ3n) is 2.51. The van der Waals surface area contributed by atoms with Crippen molar-refractivity contribution in [3.63, 3.8) is 0 Å². The van der Waals surface area contributed by atoms with Crippen LogP contribution in [0, 0.1) is 6.92 Å². The third-order valence-corrected chi connectivity index (χ3v) is 4.29. The van der Waals surface area contributed by atoms with Crippen LogP contribution in [-0.2, 0) is 14.8 Å². The van der Waals surface area contributed by atoms with Gasteiger partial charge in [-0.3, -0.25) is 4.79 Å². The second-order valence-electron chi connectivity index (χ2n) is 3.98. The summed E-state index contributed by atoms with van der Waals surface area (Å²) in [7, 11) is -3.63. The van der Waals surface area contributed by atoms with E-state index in [0.29, 0.717) is 11.5 Å². The van der Waals surface area contributed by atoms with E-state index >= 15 is 0 Å². The summed E-state index contributed by atoms with van der Waals surface area (Å²) in [5.41, 5.74) is 0.550. The summed E-state index contributed by atoms with van der Waals surface area (Å²) in [4.78, 5) is 14.9. The molecule has 2 aromatic rings. The Morgan fingerprint density at radius 2 is 1.89 bits per heavy atom. The van der Waals surface area contributed by atoms with Crippen LogP contribution >= 0.6 is 0 Å². The monoisotopic (exact) mass is 279 g/mol. The average Bonchev–Trinajstić information content (AvgIpc) is 2.76. The Labute approximate surface area is 111 Å². The van der Waals surface area contributed by atoms with Gasteiger partial charge in [0, 0.05) is 25.0 Å². The topological polar surface area (TPSA) is 81.1 Å². The first kappa shape index (κ1) is 13.3. The standard InChI is InChI=1S/C12H13N3O3S/c1-9-13-7-8-15(9)19(17,18)12-5-3-11(4-6-12)14-10(2)16/h3-8H,1-2H3,(H,14,16). The molecule has 7 heteroatoms. The molecule has 0 unspecified atom stereocenters. The van der Waals surface area contributed by atoms with E-state index in [2.05, 4.69) is 10.3 Å². The molecule has 0 aliphatic rings. The molecule has 1 heterocycles. The zero-order valence-electron chi connectivity index (χ0n) is 10.5. The number of aryl methyl sites for hydroxylation is 1. The minimum absolute atomic E-state index is 0.141. The number of carbonyl (C=O) groups excluding carboxylic acids is 1. The smallest absolute Gasteiger partial charge is 0.269 e. The van der Waals surface area contributed by atoms with Crippen molar-refractivity contribution in [2.75, 3.05) is 5.32 Å². The first-order valence-corrected chi connectivity index (χ1v) is 6.98. The minimum atomic E-state index is -3.63. The van der Waals surface area contributed by atoms with Crippen LogP contribution in [0.15, 0.2) is 41.6 Å². The van der Waals surface area contributed by atoms with Crippen LogP contribution in [0.5, 0.6) is 0 Å². The predicted octanol–water partition coefficient (Wildman–Crippen LogP) is 1.39. The molecule has 100 valence electrons. The number of benzene rings is 1. The van der Waals surface area contributed by atoms with Crippen LogP contribution in [-0.4, -0.2) is 23.3 Å². The highest BCUT2D eigenvalue weighted by Crippen LogP contribution is 2.17. The highest BCUT2D eigenvalue weighted by molar-refractivity contribution is 7.90. The Bertz CT molecular complexity index is 702. The SMILES string of the molecule is CC(=O)Nc1ccc(S(=O)(=O)n2ccnc2C)cc1. The molecule has 1 N–H and O–H groups in total. The molecule has 0 aliphatic carbocycles. The molecule has 2 rings (SSSR count). The first-order valence-electron chi connectivity index (χ1n) is 5.54. The fraction of sp³-hybridized carbons (Fsp3) is 0.167. The van der Waals surface area contributed by atoms with E-state index in [1.165, 1.54) is 31.5 Å². The Morgan fingerprint density at radius 3 is 2.37 bits per heavy atom. The number of anilines is 1. The van der Waals surface area contributed by atoms with E-state index < -0.39 is 10.0 Å². The molecule has 0 bridgehead atoms. The van der Waals surface area contributed by atoms with Crippen molar-refractivity contribution in [1.82, 2.24) is 8.96 Å². The molecule has 1 aromatic heterocycles. The lowest BCUT2D eigenvalue weighted by atomic mass is 10.3. The van der Waals surface area contributed by atoms with Gasteiger partial charge in [-0.25, -0.2) is 17.4 Å². The summed E-state index contributed by atoms with van der Waals surface area (Å²) in [6, 6.07) is 5.97. The number of aromatic nitrogens is 2. The molecular formula is C12H13N3O3S. The summed E-state index contributed by atoms with van der Waals surface area (Å²) >= 11 is 0. The van der Waals surface area contributed by atoms with E-state index in [1.54, 1.807) is 19.1 Å². The molecule has 0 saturated heterocycles. The number of amides is 1. The van der Waals surface area contributed by atoms with Crippen molar-refractivity contribution >= 4 is 21.6 Å². The van der Waals surface area contributed by atoms with E-state index in [4.69, 9.17) is 0 Å². The van der Waals surface area contributed by atoms with Crippen molar-refractivity contribution in [1.29, 1.82) is 0 Å². The van der Waals surface area contributed by atoms with Gasteiger partial charge in [0.15, 0.2) is 0 Å². The van der Waals surface area contributed by atoms with Crippen LogP contribution < -0.4 is 5.32 Å². The van der Waals surface area contributed by atoms with E-state index in [1.807, 2.05) is 0 Å². The predicted molar refractivity (Wildman–Crippen MR) is 70.3 cm³/mol. The van der Waals surface area contributed by atoms with Gasteiger partial charge >= 0.3 is 0 Å². The van der Waals surface area contributed by atoms with Crippen molar-refractivity contribution in [2.45, 2.75) is 18.7 Å². The summed E-state index contributed by atoms with van der Waals surface area (Å²) < 4.78 is 25.7. The molecule has 6 nitrogen and oxygen atoms in total. The molecule has 0 saturated carbocycles. The van der Waals surface area contributed by atoms with E-state index in [0.717, 1.165) is 3.97 Å². The average molecular weight is 279 g/mol. The zero-order chi connectivity index (χ0) is 14.0. The maximum atomic E-state index is 12.3. The molecule has 1 aromatic carbocycles. The number of hydrogen-bond donors (Lipinski definition) is 1.